The van der Waals surface area contributed by atoms with E-state index in [-0.39, 0.29) is 22.4 Å². The Balaban J connectivity index is -0.00000000655. The maximum Gasteiger partial charge on any atom is 0 e. The van der Waals surface area contributed by atoms with Crippen LogP contribution in [-0.2, 0) is 22.4 Å². The Kier molecular flexibility index (Phi) is 13400. The third-order valence-electron chi connectivity index (χ3n) is 0. The van der Waals surface area contributed by atoms with Gasteiger partial charge in [-0.3, -0.25) is 0 Å². The van der Waals surface area contributed by atoms with Crippen LogP contribution in [0.3, 0.4) is 0 Å². The van der Waals surface area contributed by atoms with Gasteiger partial charge in [-0.15, -0.1) is 0 Å². The quantitative estimate of drug-likeness (QED) is 0.553. The van der Waals surface area contributed by atoms with Crippen molar-refractivity contribution in [3.8, 4) is 0 Å². The molecule has 0 amide bonds. The molecule has 1 nitrogen and oxygen atoms in total. The Hall–Kier alpha value is 0.700. The van der Waals surface area contributed by atoms with Crippen molar-refractivity contribution in [3.63, 3.8) is 0 Å². The van der Waals surface area contributed by atoms with Gasteiger partial charge in [0, 0.05) is 22.4 Å². The van der Waals surface area contributed by atoms with Gasteiger partial charge in [-0.05, 0) is 0 Å². The fourth-order valence-corrected chi connectivity index (χ4v) is 0. The van der Waals surface area contributed by atoms with E-state index in [1.165, 1.54) is 7.05 Å². The van der Waals surface area contributed by atoms with Crippen molar-refractivity contribution in [2.24, 2.45) is 0 Å². The van der Waals surface area contributed by atoms with E-state index >= 15 is 0 Å². The fraction of sp³-hybridized carbons (Fsp3) is 0.545. The minimum absolute atomic E-state index is 0. The fourth-order valence-electron chi connectivity index (χ4n) is 0. The summed E-state index contributed by atoms with van der Waals surface area (Å²) in [4.78, 5) is 0. The zero-order chi connectivity index (χ0) is 12.0. The van der Waals surface area contributed by atoms with Crippen molar-refractivity contribution in [3.05, 3.63) is 40.4 Å². The maximum absolute atomic E-state index is 5.75. The first-order chi connectivity index (χ1) is 6.00. The summed E-state index contributed by atoms with van der Waals surface area (Å²) in [5.74, 6) is 0. The first-order valence-electron chi connectivity index (χ1n) is 4.04. The normalized spacial score (nSPS) is 2.77. The van der Waals surface area contributed by atoms with Crippen LogP contribution >= 0.6 is 0 Å². The van der Waals surface area contributed by atoms with Crippen molar-refractivity contribution in [1.82, 2.24) is 0 Å². The summed E-state index contributed by atoms with van der Waals surface area (Å²) in [6.07, 6.45) is 0. The molecule has 0 aliphatic heterocycles. The summed E-state index contributed by atoms with van der Waals surface area (Å²) in [6.45, 7) is 25.0. The maximum atomic E-state index is 5.75. The average Bonchev–Trinajstić information content (AvgIpc) is 2.33. The molecule has 0 atom stereocenters. The number of rotatable bonds is 0. The molecule has 0 rings (SSSR count). The van der Waals surface area contributed by atoms with Crippen LogP contribution in [0.2, 0.25) is 0 Å². The molecule has 0 aliphatic carbocycles. The van der Waals surface area contributed by atoms with Crippen LogP contribution in [0, 0.1) is 34.6 Å². The molecule has 0 spiro atoms. The molecule has 0 saturated heterocycles. The number of nitrogens with one attached hydrogen (secondary N) is 1. The van der Waals surface area contributed by atoms with Crippen LogP contribution < -0.4 is 0 Å². The van der Waals surface area contributed by atoms with E-state index in [1.807, 2.05) is 0 Å². The number of hydrogen-bond acceptors (Lipinski definition) is 0. The Labute approximate surface area is 104 Å². The molecular formula is C11H29NTa-6. The summed E-state index contributed by atoms with van der Waals surface area (Å²) >= 11 is 0. The molecule has 0 fully saturated rings. The molecule has 0 aliphatic rings. The third-order valence-corrected chi connectivity index (χ3v) is 0. The van der Waals surface area contributed by atoms with Gasteiger partial charge in [-0.2, -0.15) is 41.7 Å². The van der Waals surface area contributed by atoms with Gasteiger partial charge >= 0.3 is 0 Å². The van der Waals surface area contributed by atoms with Gasteiger partial charge in [-0.25, -0.2) is 0 Å². The van der Waals surface area contributed by atoms with Crippen LogP contribution in [0.15, 0.2) is 0 Å². The minimum atomic E-state index is 0. The predicted octanol–water partition coefficient (Wildman–Crippen LogP) is 4.87. The Bertz CT molecular complexity index is 10.1. The van der Waals surface area contributed by atoms with E-state index in [2.05, 4.69) is 34.6 Å². The largest absolute Gasteiger partial charge is 0.680 e. The molecule has 0 bridgehead atoms. The van der Waals surface area contributed by atoms with Gasteiger partial charge in [0.05, 0.1) is 0 Å². The van der Waals surface area contributed by atoms with E-state index in [0.717, 1.165) is 0 Å². The summed E-state index contributed by atoms with van der Waals surface area (Å²) in [7, 11) is 1.25. The van der Waals surface area contributed by atoms with Crippen molar-refractivity contribution in [2.45, 2.75) is 34.6 Å². The second kappa shape index (κ2) is 3550. The van der Waals surface area contributed by atoms with Crippen LogP contribution in [0.1, 0.15) is 34.6 Å². The van der Waals surface area contributed by atoms with Gasteiger partial charge in [-0.1, -0.05) is 0 Å². The predicted molar refractivity (Wildman–Crippen MR) is 65.4 cm³/mol. The molecular weight excluding hydrogens is 327 g/mol. The van der Waals surface area contributed by atoms with Gasteiger partial charge in [0.2, 0.25) is 0 Å². The molecule has 13 heavy (non-hydrogen) atoms. The summed E-state index contributed by atoms with van der Waals surface area (Å²) in [5.41, 5.74) is 5.75. The van der Waals surface area contributed by atoms with Crippen LogP contribution in [0.25, 0.3) is 5.73 Å². The van der Waals surface area contributed by atoms with Gasteiger partial charge in [0.15, 0.2) is 0 Å². The molecule has 2 heteroatoms. The topological polar surface area (TPSA) is 23.8 Å². The van der Waals surface area contributed by atoms with Gasteiger partial charge in [0.1, 0.15) is 0 Å². The van der Waals surface area contributed by atoms with Gasteiger partial charge < -0.3 is 40.4 Å². The second-order valence-electron chi connectivity index (χ2n) is 0. The molecule has 1 radical (unpaired) electrons. The zero-order valence-corrected chi connectivity index (χ0v) is 13.7. The summed E-state index contributed by atoms with van der Waals surface area (Å²) in [6, 6.07) is 0. The summed E-state index contributed by atoms with van der Waals surface area (Å²) in [5, 5.41) is 0. The molecule has 0 aromatic carbocycles. The molecule has 0 heterocycles. The number of hydrogen-bond donors (Lipinski definition) is 0. The van der Waals surface area contributed by atoms with Crippen molar-refractivity contribution >= 4 is 0 Å². The summed E-state index contributed by atoms with van der Waals surface area (Å²) < 4.78 is 0. The van der Waals surface area contributed by atoms with E-state index in [4.69, 9.17) is 5.73 Å². The van der Waals surface area contributed by atoms with Gasteiger partial charge in [0.25, 0.3) is 0 Å². The van der Waals surface area contributed by atoms with E-state index in [1.54, 1.807) is 34.6 Å². The van der Waals surface area contributed by atoms with E-state index < -0.39 is 0 Å². The van der Waals surface area contributed by atoms with Crippen LogP contribution in [0.5, 0.6) is 0 Å². The SMILES string of the molecule is C[NH-].[CH2-]C.[CH2-]C.[CH2-]C.[CH2-]C.[CH2-]C.[Ta]. The molecule has 89 valence electrons. The Morgan fingerprint density at radius 2 is 0.462 bits per heavy atom. The monoisotopic (exact) mass is 356 g/mol. The van der Waals surface area contributed by atoms with Crippen LogP contribution in [-0.4, -0.2) is 7.05 Å². The molecule has 0 unspecified atom stereocenters. The first kappa shape index (κ1) is 49.2. The van der Waals surface area contributed by atoms with Crippen molar-refractivity contribution in [1.29, 1.82) is 0 Å². The van der Waals surface area contributed by atoms with E-state index in [9.17, 15) is 0 Å². The molecule has 0 aromatic heterocycles. The molecule has 1 N–H and O–H groups in total. The third kappa shape index (κ3) is 2970. The van der Waals surface area contributed by atoms with E-state index in [0.29, 0.717) is 0 Å². The first-order valence-corrected chi connectivity index (χ1v) is 4.04. The van der Waals surface area contributed by atoms with Crippen molar-refractivity contribution in [2.75, 3.05) is 7.05 Å². The second-order valence-corrected chi connectivity index (χ2v) is 0. The van der Waals surface area contributed by atoms with Crippen LogP contribution in [0.4, 0.5) is 0 Å². The minimum Gasteiger partial charge on any atom is -0.680 e. The Morgan fingerprint density at radius 3 is 0.462 bits per heavy atom. The Morgan fingerprint density at radius 1 is 0.462 bits per heavy atom. The average molecular weight is 356 g/mol. The zero-order valence-electron chi connectivity index (χ0n) is 10.5. The standard InChI is InChI=1S/5C2H5.CH4N.Ta/c6*1-2;/h5*1H2,2H3;2H,1H3;/q6*-1;. The molecule has 0 aromatic rings. The smallest absolute Gasteiger partial charge is 0 e. The van der Waals surface area contributed by atoms with Crippen molar-refractivity contribution < 1.29 is 22.4 Å². The molecule has 0 saturated carbocycles.